The number of rotatable bonds is 5. The second-order valence-electron chi connectivity index (χ2n) is 4.51. The Kier molecular flexibility index (Phi) is 4.69. The SMILES string of the molecule is Cc1nccc(CNC(C)CC(C)C)n1. The van der Waals surface area contributed by atoms with Crippen LogP contribution in [0, 0.1) is 12.8 Å². The second-order valence-corrected chi connectivity index (χ2v) is 4.51. The van der Waals surface area contributed by atoms with E-state index in [0.717, 1.165) is 24.0 Å². The summed E-state index contributed by atoms with van der Waals surface area (Å²) in [5, 5.41) is 3.47. The average Bonchev–Trinajstić information content (AvgIpc) is 2.14. The van der Waals surface area contributed by atoms with E-state index in [-0.39, 0.29) is 0 Å². The Labute approximate surface area is 92.3 Å². The lowest BCUT2D eigenvalue weighted by molar-refractivity contribution is 0.439. The quantitative estimate of drug-likeness (QED) is 0.805. The van der Waals surface area contributed by atoms with E-state index in [2.05, 4.69) is 36.1 Å². The highest BCUT2D eigenvalue weighted by Crippen LogP contribution is 2.04. The van der Waals surface area contributed by atoms with Crippen molar-refractivity contribution in [3.05, 3.63) is 23.8 Å². The first kappa shape index (κ1) is 12.1. The third-order valence-electron chi connectivity index (χ3n) is 2.29. The summed E-state index contributed by atoms with van der Waals surface area (Å²) in [6.07, 6.45) is 3.01. The van der Waals surface area contributed by atoms with Gasteiger partial charge in [-0.25, -0.2) is 9.97 Å². The van der Waals surface area contributed by atoms with Crippen molar-refractivity contribution >= 4 is 0 Å². The number of aryl methyl sites for hydroxylation is 1. The Hall–Kier alpha value is -0.960. The van der Waals surface area contributed by atoms with Gasteiger partial charge in [0, 0.05) is 18.8 Å². The molecule has 0 amide bonds. The molecule has 0 spiro atoms. The summed E-state index contributed by atoms with van der Waals surface area (Å²) in [5.41, 5.74) is 1.07. The molecule has 1 aromatic heterocycles. The minimum atomic E-state index is 0.542. The monoisotopic (exact) mass is 207 g/mol. The van der Waals surface area contributed by atoms with E-state index in [9.17, 15) is 0 Å². The fraction of sp³-hybridized carbons (Fsp3) is 0.667. The van der Waals surface area contributed by atoms with Gasteiger partial charge in [-0.05, 0) is 32.3 Å². The van der Waals surface area contributed by atoms with Crippen LogP contribution in [0.2, 0.25) is 0 Å². The zero-order valence-electron chi connectivity index (χ0n) is 10.1. The molecule has 1 rings (SSSR count). The fourth-order valence-electron chi connectivity index (χ4n) is 1.67. The van der Waals surface area contributed by atoms with Crippen LogP contribution in [-0.4, -0.2) is 16.0 Å². The molecule has 3 nitrogen and oxygen atoms in total. The van der Waals surface area contributed by atoms with E-state index in [1.807, 2.05) is 19.2 Å². The van der Waals surface area contributed by atoms with Crippen LogP contribution in [0.25, 0.3) is 0 Å². The normalized spacial score (nSPS) is 13.1. The summed E-state index contributed by atoms with van der Waals surface area (Å²) in [5.74, 6) is 1.57. The van der Waals surface area contributed by atoms with Crippen LogP contribution in [0.15, 0.2) is 12.3 Å². The largest absolute Gasteiger partial charge is 0.309 e. The Morgan fingerprint density at radius 1 is 1.33 bits per heavy atom. The maximum Gasteiger partial charge on any atom is 0.125 e. The van der Waals surface area contributed by atoms with Gasteiger partial charge in [0.05, 0.1) is 5.69 Å². The van der Waals surface area contributed by atoms with Crippen LogP contribution in [-0.2, 0) is 6.54 Å². The lowest BCUT2D eigenvalue weighted by atomic mass is 10.1. The van der Waals surface area contributed by atoms with Crippen molar-refractivity contribution in [2.24, 2.45) is 5.92 Å². The van der Waals surface area contributed by atoms with Crippen molar-refractivity contribution in [3.63, 3.8) is 0 Å². The molecular formula is C12H21N3. The molecule has 1 aromatic rings. The van der Waals surface area contributed by atoms with E-state index in [1.165, 1.54) is 6.42 Å². The van der Waals surface area contributed by atoms with Crippen LogP contribution < -0.4 is 5.32 Å². The Bertz CT molecular complexity index is 297. The topological polar surface area (TPSA) is 37.8 Å². The van der Waals surface area contributed by atoms with Crippen LogP contribution >= 0.6 is 0 Å². The predicted molar refractivity (Wildman–Crippen MR) is 62.5 cm³/mol. The predicted octanol–water partition coefficient (Wildman–Crippen LogP) is 2.31. The summed E-state index contributed by atoms with van der Waals surface area (Å²) in [6.45, 7) is 9.45. The molecule has 0 aliphatic carbocycles. The van der Waals surface area contributed by atoms with Gasteiger partial charge in [-0.2, -0.15) is 0 Å². The first-order chi connectivity index (χ1) is 7.08. The Morgan fingerprint density at radius 2 is 2.07 bits per heavy atom. The van der Waals surface area contributed by atoms with Crippen LogP contribution in [0.5, 0.6) is 0 Å². The lowest BCUT2D eigenvalue weighted by Crippen LogP contribution is -2.27. The number of nitrogens with zero attached hydrogens (tertiary/aromatic N) is 2. The third-order valence-corrected chi connectivity index (χ3v) is 2.29. The summed E-state index contributed by atoms with van der Waals surface area (Å²) in [4.78, 5) is 8.43. The van der Waals surface area contributed by atoms with Gasteiger partial charge in [0.2, 0.25) is 0 Å². The van der Waals surface area contributed by atoms with Crippen molar-refractivity contribution in [1.82, 2.24) is 15.3 Å². The third kappa shape index (κ3) is 4.88. The van der Waals surface area contributed by atoms with Gasteiger partial charge in [-0.3, -0.25) is 0 Å². The van der Waals surface area contributed by atoms with E-state index in [4.69, 9.17) is 0 Å². The molecule has 0 bridgehead atoms. The van der Waals surface area contributed by atoms with Gasteiger partial charge in [-0.15, -0.1) is 0 Å². The van der Waals surface area contributed by atoms with Gasteiger partial charge in [-0.1, -0.05) is 13.8 Å². The average molecular weight is 207 g/mol. The van der Waals surface area contributed by atoms with Crippen LogP contribution in [0.1, 0.15) is 38.7 Å². The first-order valence-electron chi connectivity index (χ1n) is 5.60. The molecule has 1 N–H and O–H groups in total. The number of hydrogen-bond donors (Lipinski definition) is 1. The minimum absolute atomic E-state index is 0.542. The van der Waals surface area contributed by atoms with Crippen molar-refractivity contribution in [1.29, 1.82) is 0 Å². The summed E-state index contributed by atoms with van der Waals surface area (Å²) in [7, 11) is 0. The Morgan fingerprint density at radius 3 is 2.67 bits per heavy atom. The Balaban J connectivity index is 2.36. The molecule has 0 saturated carbocycles. The molecule has 0 aromatic carbocycles. The van der Waals surface area contributed by atoms with Crippen molar-refractivity contribution in [2.45, 2.75) is 46.7 Å². The van der Waals surface area contributed by atoms with Gasteiger partial charge >= 0.3 is 0 Å². The minimum Gasteiger partial charge on any atom is -0.309 e. The molecular weight excluding hydrogens is 186 g/mol. The molecule has 3 heteroatoms. The first-order valence-corrected chi connectivity index (χ1v) is 5.60. The standard InChI is InChI=1S/C12H21N3/c1-9(2)7-10(3)14-8-12-5-6-13-11(4)15-12/h5-6,9-10,14H,7-8H2,1-4H3. The van der Waals surface area contributed by atoms with Crippen LogP contribution in [0.3, 0.4) is 0 Å². The number of hydrogen-bond acceptors (Lipinski definition) is 3. The molecule has 0 aliphatic rings. The van der Waals surface area contributed by atoms with Crippen molar-refractivity contribution < 1.29 is 0 Å². The second kappa shape index (κ2) is 5.81. The van der Waals surface area contributed by atoms with E-state index >= 15 is 0 Å². The van der Waals surface area contributed by atoms with E-state index in [0.29, 0.717) is 6.04 Å². The summed E-state index contributed by atoms with van der Waals surface area (Å²) >= 11 is 0. The number of aromatic nitrogens is 2. The van der Waals surface area contributed by atoms with Crippen molar-refractivity contribution in [3.8, 4) is 0 Å². The lowest BCUT2D eigenvalue weighted by Gasteiger charge is -2.15. The molecule has 1 atom stereocenters. The fourth-order valence-corrected chi connectivity index (χ4v) is 1.67. The maximum absolute atomic E-state index is 4.35. The molecule has 0 fully saturated rings. The highest BCUT2D eigenvalue weighted by Gasteiger charge is 2.04. The smallest absolute Gasteiger partial charge is 0.125 e. The molecule has 1 unspecified atom stereocenters. The van der Waals surface area contributed by atoms with Gasteiger partial charge < -0.3 is 5.32 Å². The van der Waals surface area contributed by atoms with Gasteiger partial charge in [0.25, 0.3) is 0 Å². The zero-order chi connectivity index (χ0) is 11.3. The molecule has 0 aliphatic heterocycles. The van der Waals surface area contributed by atoms with E-state index in [1.54, 1.807) is 0 Å². The van der Waals surface area contributed by atoms with E-state index < -0.39 is 0 Å². The molecule has 1 heterocycles. The number of nitrogens with one attached hydrogen (secondary N) is 1. The zero-order valence-corrected chi connectivity index (χ0v) is 10.1. The van der Waals surface area contributed by atoms with Gasteiger partial charge in [0.15, 0.2) is 0 Å². The highest BCUT2D eigenvalue weighted by molar-refractivity contribution is 5.01. The van der Waals surface area contributed by atoms with Crippen molar-refractivity contribution in [2.75, 3.05) is 0 Å². The molecule has 84 valence electrons. The molecule has 15 heavy (non-hydrogen) atoms. The highest BCUT2D eigenvalue weighted by atomic mass is 14.9. The van der Waals surface area contributed by atoms with Gasteiger partial charge in [0.1, 0.15) is 5.82 Å². The summed E-state index contributed by atoms with van der Waals surface area (Å²) < 4.78 is 0. The summed E-state index contributed by atoms with van der Waals surface area (Å²) in [6, 6.07) is 2.50. The maximum atomic E-state index is 4.35. The molecule has 0 saturated heterocycles. The van der Waals surface area contributed by atoms with Crippen LogP contribution in [0.4, 0.5) is 0 Å². The molecule has 0 radical (unpaired) electrons.